The monoisotopic (exact) mass is 221 g/mol. The van der Waals surface area contributed by atoms with Crippen molar-refractivity contribution in [1.82, 2.24) is 0 Å². The van der Waals surface area contributed by atoms with Crippen molar-refractivity contribution in [3.63, 3.8) is 0 Å². The molecule has 1 radical (unpaired) electrons. The van der Waals surface area contributed by atoms with E-state index in [1.54, 1.807) is 0 Å². The van der Waals surface area contributed by atoms with E-state index in [9.17, 15) is 0 Å². The molecule has 3 aromatic rings. The highest BCUT2D eigenvalue weighted by atomic mass is 16.3. The van der Waals surface area contributed by atoms with Crippen LogP contribution in [-0.4, -0.2) is 0 Å². The highest BCUT2D eigenvalue weighted by Gasteiger charge is 2.05. The third-order valence-corrected chi connectivity index (χ3v) is 2.93. The Balaban J connectivity index is 2.14. The van der Waals surface area contributed by atoms with Gasteiger partial charge in [0.25, 0.3) is 0 Å². The van der Waals surface area contributed by atoms with E-state index in [2.05, 4.69) is 36.8 Å². The molecule has 1 heterocycles. The fraction of sp³-hybridized carbons (Fsp3) is 0.0625. The molecule has 0 unspecified atom stereocenters. The molecule has 0 N–H and O–H groups in total. The first-order valence-electron chi connectivity index (χ1n) is 5.75. The molecule has 0 aliphatic carbocycles. The summed E-state index contributed by atoms with van der Waals surface area (Å²) in [6.07, 6.45) is 2.09. The highest BCUT2D eigenvalue weighted by Crippen LogP contribution is 2.28. The number of hydrogen-bond acceptors (Lipinski definition) is 1. The van der Waals surface area contributed by atoms with E-state index >= 15 is 0 Å². The normalized spacial score (nSPS) is 10.9. The number of furan rings is 1. The van der Waals surface area contributed by atoms with E-state index in [4.69, 9.17) is 4.42 Å². The van der Waals surface area contributed by atoms with Gasteiger partial charge in [-0.2, -0.15) is 0 Å². The molecule has 0 amide bonds. The van der Waals surface area contributed by atoms with E-state index < -0.39 is 0 Å². The van der Waals surface area contributed by atoms with Crippen molar-refractivity contribution in [3.05, 3.63) is 66.6 Å². The molecule has 0 bridgehead atoms. The summed E-state index contributed by atoms with van der Waals surface area (Å²) in [5.74, 6) is 0.925. The van der Waals surface area contributed by atoms with Crippen LogP contribution in [0.5, 0.6) is 0 Å². The fourth-order valence-corrected chi connectivity index (χ4v) is 1.99. The second kappa shape index (κ2) is 4.10. The molecule has 17 heavy (non-hydrogen) atoms. The zero-order chi connectivity index (χ0) is 11.7. The Morgan fingerprint density at radius 1 is 0.941 bits per heavy atom. The van der Waals surface area contributed by atoms with E-state index in [-0.39, 0.29) is 0 Å². The Hall–Kier alpha value is -2.02. The standard InChI is InChI=1S/C16H13O/c1-2-12-8-9-15-14(10-12)11-16(17-15)13-6-4-3-5-7-13/h2-11H,1H3. The fourth-order valence-electron chi connectivity index (χ4n) is 1.99. The molecule has 2 aromatic carbocycles. The molecule has 0 aliphatic rings. The predicted octanol–water partition coefficient (Wildman–Crippen LogP) is 4.67. The first-order chi connectivity index (χ1) is 8.36. The smallest absolute Gasteiger partial charge is 0.135 e. The van der Waals surface area contributed by atoms with Gasteiger partial charge in [-0.1, -0.05) is 43.3 Å². The minimum Gasteiger partial charge on any atom is -0.456 e. The van der Waals surface area contributed by atoms with E-state index in [1.165, 1.54) is 5.56 Å². The molecule has 83 valence electrons. The second-order valence-corrected chi connectivity index (χ2v) is 4.06. The lowest BCUT2D eigenvalue weighted by molar-refractivity contribution is 0.631. The van der Waals surface area contributed by atoms with Gasteiger partial charge in [0.15, 0.2) is 0 Å². The first-order valence-corrected chi connectivity index (χ1v) is 5.75. The van der Waals surface area contributed by atoms with Gasteiger partial charge in [0.1, 0.15) is 11.3 Å². The summed E-state index contributed by atoms with van der Waals surface area (Å²) in [7, 11) is 0. The van der Waals surface area contributed by atoms with E-state index in [1.807, 2.05) is 31.2 Å². The molecule has 1 aromatic heterocycles. The second-order valence-electron chi connectivity index (χ2n) is 4.06. The van der Waals surface area contributed by atoms with Crippen molar-refractivity contribution in [2.45, 2.75) is 6.92 Å². The Bertz CT molecular complexity index is 635. The number of benzene rings is 2. The average Bonchev–Trinajstić information content (AvgIpc) is 2.82. The van der Waals surface area contributed by atoms with Crippen LogP contribution >= 0.6 is 0 Å². The molecule has 1 heteroatoms. The summed E-state index contributed by atoms with van der Waals surface area (Å²) >= 11 is 0. The minimum absolute atomic E-state index is 0.925. The summed E-state index contributed by atoms with van der Waals surface area (Å²) in [6.45, 7) is 2.04. The van der Waals surface area contributed by atoms with Crippen molar-refractivity contribution in [2.75, 3.05) is 0 Å². The maximum atomic E-state index is 5.84. The summed E-state index contributed by atoms with van der Waals surface area (Å²) in [4.78, 5) is 0. The van der Waals surface area contributed by atoms with Gasteiger partial charge in [-0.3, -0.25) is 0 Å². The van der Waals surface area contributed by atoms with Crippen LogP contribution in [0.25, 0.3) is 22.3 Å². The van der Waals surface area contributed by atoms with Gasteiger partial charge < -0.3 is 4.42 Å². The summed E-state index contributed by atoms with van der Waals surface area (Å²) in [6, 6.07) is 18.5. The molecule has 0 saturated heterocycles. The van der Waals surface area contributed by atoms with Gasteiger partial charge in [0.2, 0.25) is 0 Å². The van der Waals surface area contributed by atoms with Gasteiger partial charge in [-0.05, 0) is 30.2 Å². The molecule has 0 fully saturated rings. The Morgan fingerprint density at radius 2 is 1.76 bits per heavy atom. The molecular weight excluding hydrogens is 208 g/mol. The first kappa shape index (κ1) is 10.2. The van der Waals surface area contributed by atoms with Gasteiger partial charge in [-0.15, -0.1) is 0 Å². The van der Waals surface area contributed by atoms with Crippen LogP contribution in [0.3, 0.4) is 0 Å². The van der Waals surface area contributed by atoms with Crippen molar-refractivity contribution in [2.24, 2.45) is 0 Å². The summed E-state index contributed by atoms with van der Waals surface area (Å²) in [5, 5.41) is 1.15. The number of rotatable bonds is 2. The maximum Gasteiger partial charge on any atom is 0.135 e. The quantitative estimate of drug-likeness (QED) is 0.612. The molecule has 1 nitrogen and oxygen atoms in total. The zero-order valence-corrected chi connectivity index (χ0v) is 9.68. The lowest BCUT2D eigenvalue weighted by Crippen LogP contribution is -1.74. The largest absolute Gasteiger partial charge is 0.456 e. The predicted molar refractivity (Wildman–Crippen MR) is 70.7 cm³/mol. The zero-order valence-electron chi connectivity index (χ0n) is 9.68. The van der Waals surface area contributed by atoms with Gasteiger partial charge in [0, 0.05) is 10.9 Å². The van der Waals surface area contributed by atoms with Gasteiger partial charge in [0.05, 0.1) is 0 Å². The SMILES string of the molecule is C[CH]c1ccc2oc(-c3ccccc3)cc2c1. The molecule has 0 aliphatic heterocycles. The van der Waals surface area contributed by atoms with E-state index in [0.29, 0.717) is 0 Å². The number of fused-ring (bicyclic) bond motifs is 1. The maximum absolute atomic E-state index is 5.84. The topological polar surface area (TPSA) is 13.1 Å². The molecular formula is C16H13O. The van der Waals surface area contributed by atoms with Crippen molar-refractivity contribution in [3.8, 4) is 11.3 Å². The molecule has 0 saturated carbocycles. The van der Waals surface area contributed by atoms with Crippen molar-refractivity contribution >= 4 is 11.0 Å². The van der Waals surface area contributed by atoms with Crippen LogP contribution in [0.1, 0.15) is 12.5 Å². The van der Waals surface area contributed by atoms with Crippen LogP contribution < -0.4 is 0 Å². The Kier molecular flexibility index (Phi) is 2.45. The average molecular weight is 221 g/mol. The lowest BCUT2D eigenvalue weighted by Gasteiger charge is -1.94. The summed E-state index contributed by atoms with van der Waals surface area (Å²) in [5.41, 5.74) is 3.28. The van der Waals surface area contributed by atoms with Crippen LogP contribution in [-0.2, 0) is 0 Å². The van der Waals surface area contributed by atoms with Gasteiger partial charge in [-0.25, -0.2) is 0 Å². The van der Waals surface area contributed by atoms with Crippen LogP contribution in [0.2, 0.25) is 0 Å². The van der Waals surface area contributed by atoms with E-state index in [0.717, 1.165) is 22.3 Å². The minimum atomic E-state index is 0.925. The third-order valence-electron chi connectivity index (χ3n) is 2.93. The van der Waals surface area contributed by atoms with Crippen LogP contribution in [0.4, 0.5) is 0 Å². The number of hydrogen-bond donors (Lipinski definition) is 0. The summed E-state index contributed by atoms with van der Waals surface area (Å²) < 4.78 is 5.84. The van der Waals surface area contributed by atoms with Crippen LogP contribution in [0.15, 0.2) is 59.0 Å². The lowest BCUT2D eigenvalue weighted by atomic mass is 10.1. The highest BCUT2D eigenvalue weighted by molar-refractivity contribution is 5.83. The molecule has 0 spiro atoms. The third kappa shape index (κ3) is 1.84. The Morgan fingerprint density at radius 3 is 2.53 bits per heavy atom. The van der Waals surface area contributed by atoms with Crippen molar-refractivity contribution in [1.29, 1.82) is 0 Å². The Labute approximate surface area is 101 Å². The van der Waals surface area contributed by atoms with Crippen LogP contribution in [0, 0.1) is 6.42 Å². The van der Waals surface area contributed by atoms with Crippen molar-refractivity contribution < 1.29 is 4.42 Å². The molecule has 3 rings (SSSR count). The molecule has 0 atom stereocenters. The van der Waals surface area contributed by atoms with Gasteiger partial charge >= 0.3 is 0 Å².